The summed E-state index contributed by atoms with van der Waals surface area (Å²) in [6.45, 7) is 2.48. The van der Waals surface area contributed by atoms with Crippen molar-refractivity contribution < 1.29 is 19.4 Å². The number of hydrogen-bond donors (Lipinski definition) is 3. The molecular weight excluding hydrogens is 251 g/mol. The van der Waals surface area contributed by atoms with Crippen LogP contribution in [0.25, 0.3) is 0 Å². The highest BCUT2D eigenvalue weighted by Gasteiger charge is 2.32. The second-order valence-corrected chi connectivity index (χ2v) is 4.91. The summed E-state index contributed by atoms with van der Waals surface area (Å²) >= 11 is 0. The second-order valence-electron chi connectivity index (χ2n) is 4.91. The van der Waals surface area contributed by atoms with Crippen molar-refractivity contribution >= 4 is 17.3 Å². The van der Waals surface area contributed by atoms with E-state index in [0.717, 1.165) is 12.5 Å². The molecule has 0 aliphatic carbocycles. The van der Waals surface area contributed by atoms with Gasteiger partial charge in [-0.25, -0.2) is 9.18 Å². The van der Waals surface area contributed by atoms with Crippen LogP contribution in [0.1, 0.15) is 23.7 Å². The Hall–Kier alpha value is -1.82. The lowest BCUT2D eigenvalue weighted by Gasteiger charge is -2.28. The van der Waals surface area contributed by atoms with Crippen molar-refractivity contribution in [1.29, 1.82) is 0 Å². The molecule has 0 saturated carbocycles. The van der Waals surface area contributed by atoms with Gasteiger partial charge in [0.05, 0.1) is 23.9 Å². The Morgan fingerprint density at radius 2 is 2.26 bits per heavy atom. The Kier molecular flexibility index (Phi) is 3.61. The number of benzene rings is 1. The van der Waals surface area contributed by atoms with Crippen molar-refractivity contribution in [2.45, 2.75) is 19.4 Å². The Labute approximate surface area is 110 Å². The molecule has 19 heavy (non-hydrogen) atoms. The predicted octanol–water partition coefficient (Wildman–Crippen LogP) is 1.31. The van der Waals surface area contributed by atoms with Crippen LogP contribution in [0.4, 0.5) is 15.8 Å². The molecule has 0 aromatic heterocycles. The molecule has 2 unspecified atom stereocenters. The fourth-order valence-electron chi connectivity index (χ4n) is 2.57. The SMILES string of the molecule is CC1CCN(c2cc(C(=O)O)c(N)cc2F)C1CO. The van der Waals surface area contributed by atoms with Gasteiger partial charge in [0.25, 0.3) is 0 Å². The molecule has 2 atom stereocenters. The van der Waals surface area contributed by atoms with Crippen molar-refractivity contribution in [3.8, 4) is 0 Å². The molecule has 2 rings (SSSR count). The van der Waals surface area contributed by atoms with Gasteiger partial charge in [-0.3, -0.25) is 0 Å². The smallest absolute Gasteiger partial charge is 0.337 e. The molecule has 104 valence electrons. The summed E-state index contributed by atoms with van der Waals surface area (Å²) < 4.78 is 14.0. The Balaban J connectivity index is 2.45. The summed E-state index contributed by atoms with van der Waals surface area (Å²) in [6.07, 6.45) is 0.831. The van der Waals surface area contributed by atoms with Crippen molar-refractivity contribution in [2.24, 2.45) is 5.92 Å². The molecule has 1 saturated heterocycles. The van der Waals surface area contributed by atoms with Crippen LogP contribution in [0.15, 0.2) is 12.1 Å². The van der Waals surface area contributed by atoms with Gasteiger partial charge < -0.3 is 20.8 Å². The maximum Gasteiger partial charge on any atom is 0.337 e. The number of nitrogens with two attached hydrogens (primary N) is 1. The van der Waals surface area contributed by atoms with Crippen LogP contribution in [-0.4, -0.2) is 35.4 Å². The lowest BCUT2D eigenvalue weighted by atomic mass is 10.0. The first-order valence-corrected chi connectivity index (χ1v) is 6.15. The Morgan fingerprint density at radius 3 is 2.84 bits per heavy atom. The number of nitrogen functional groups attached to an aromatic ring is 1. The lowest BCUT2D eigenvalue weighted by Crippen LogP contribution is -2.35. The molecule has 1 aromatic carbocycles. The highest BCUT2D eigenvalue weighted by Crippen LogP contribution is 2.33. The Morgan fingerprint density at radius 1 is 1.58 bits per heavy atom. The van der Waals surface area contributed by atoms with E-state index in [1.807, 2.05) is 6.92 Å². The number of rotatable bonds is 3. The van der Waals surface area contributed by atoms with E-state index in [2.05, 4.69) is 0 Å². The number of carbonyl (C=O) groups is 1. The molecule has 5 nitrogen and oxygen atoms in total. The summed E-state index contributed by atoms with van der Waals surface area (Å²) in [5.41, 5.74) is 5.47. The van der Waals surface area contributed by atoms with Gasteiger partial charge in [-0.05, 0) is 24.5 Å². The third kappa shape index (κ3) is 2.35. The van der Waals surface area contributed by atoms with E-state index in [1.54, 1.807) is 4.90 Å². The van der Waals surface area contributed by atoms with Crippen LogP contribution in [0.2, 0.25) is 0 Å². The van der Waals surface area contributed by atoms with E-state index in [0.29, 0.717) is 6.54 Å². The number of carboxylic acid groups (broad SMARTS) is 1. The number of carboxylic acids is 1. The van der Waals surface area contributed by atoms with Crippen LogP contribution in [-0.2, 0) is 0 Å². The zero-order chi connectivity index (χ0) is 14.2. The molecule has 0 spiro atoms. The minimum absolute atomic E-state index is 0.0899. The van der Waals surface area contributed by atoms with Crippen molar-refractivity contribution in [3.63, 3.8) is 0 Å². The van der Waals surface area contributed by atoms with Gasteiger partial charge in [0.1, 0.15) is 5.82 Å². The zero-order valence-corrected chi connectivity index (χ0v) is 10.6. The molecule has 0 amide bonds. The van der Waals surface area contributed by atoms with Gasteiger partial charge in [-0.1, -0.05) is 6.92 Å². The quantitative estimate of drug-likeness (QED) is 0.720. The van der Waals surface area contributed by atoms with Crippen LogP contribution in [0.3, 0.4) is 0 Å². The number of halogens is 1. The fraction of sp³-hybridized carbons (Fsp3) is 0.462. The second kappa shape index (κ2) is 5.05. The molecular formula is C13H17FN2O3. The van der Waals surface area contributed by atoms with E-state index >= 15 is 0 Å². The number of anilines is 2. The van der Waals surface area contributed by atoms with Crippen molar-refractivity contribution in [3.05, 3.63) is 23.5 Å². The minimum atomic E-state index is -1.19. The molecule has 0 radical (unpaired) electrons. The van der Waals surface area contributed by atoms with E-state index in [4.69, 9.17) is 10.8 Å². The van der Waals surface area contributed by atoms with Crippen LogP contribution in [0, 0.1) is 11.7 Å². The van der Waals surface area contributed by atoms with Gasteiger partial charge in [0.15, 0.2) is 0 Å². The topological polar surface area (TPSA) is 86.8 Å². The number of nitrogens with zero attached hydrogens (tertiary/aromatic N) is 1. The maximum atomic E-state index is 14.0. The fourth-order valence-corrected chi connectivity index (χ4v) is 2.57. The van der Waals surface area contributed by atoms with Gasteiger partial charge in [-0.2, -0.15) is 0 Å². The van der Waals surface area contributed by atoms with Crippen molar-refractivity contribution in [1.82, 2.24) is 0 Å². The molecule has 0 bridgehead atoms. The zero-order valence-electron chi connectivity index (χ0n) is 10.6. The summed E-state index contributed by atoms with van der Waals surface area (Å²) in [5, 5.41) is 18.4. The summed E-state index contributed by atoms with van der Waals surface area (Å²) in [4.78, 5) is 12.8. The van der Waals surface area contributed by atoms with E-state index in [9.17, 15) is 14.3 Å². The predicted molar refractivity (Wildman–Crippen MR) is 69.8 cm³/mol. The highest BCUT2D eigenvalue weighted by molar-refractivity contribution is 5.95. The molecule has 1 aliphatic heterocycles. The molecule has 6 heteroatoms. The van der Waals surface area contributed by atoms with Crippen LogP contribution >= 0.6 is 0 Å². The highest BCUT2D eigenvalue weighted by atomic mass is 19.1. The molecule has 1 fully saturated rings. The summed E-state index contributed by atoms with van der Waals surface area (Å²) in [6, 6.07) is 2.07. The summed E-state index contributed by atoms with van der Waals surface area (Å²) in [7, 11) is 0. The summed E-state index contributed by atoms with van der Waals surface area (Å²) in [5.74, 6) is -1.52. The van der Waals surface area contributed by atoms with E-state index in [1.165, 1.54) is 6.07 Å². The number of aromatic carboxylic acids is 1. The molecule has 1 aromatic rings. The van der Waals surface area contributed by atoms with Gasteiger partial charge in [0.2, 0.25) is 0 Å². The first kappa shape index (κ1) is 13.6. The first-order valence-electron chi connectivity index (χ1n) is 6.15. The standard InChI is InChI=1S/C13H17FN2O3/c1-7-2-3-16(12(7)6-17)11-4-8(13(18)19)10(15)5-9(11)14/h4-5,7,12,17H,2-3,6,15H2,1H3,(H,18,19). The Bertz CT molecular complexity index is 507. The average molecular weight is 268 g/mol. The number of aliphatic hydroxyl groups excluding tert-OH is 1. The third-order valence-electron chi connectivity index (χ3n) is 3.73. The van der Waals surface area contributed by atoms with Gasteiger partial charge in [-0.15, -0.1) is 0 Å². The monoisotopic (exact) mass is 268 g/mol. The normalized spacial score (nSPS) is 22.8. The first-order chi connectivity index (χ1) is 8.95. The average Bonchev–Trinajstić information content (AvgIpc) is 2.70. The number of hydrogen-bond acceptors (Lipinski definition) is 4. The van der Waals surface area contributed by atoms with E-state index < -0.39 is 11.8 Å². The molecule has 1 heterocycles. The largest absolute Gasteiger partial charge is 0.478 e. The maximum absolute atomic E-state index is 14.0. The van der Waals surface area contributed by atoms with Crippen LogP contribution < -0.4 is 10.6 Å². The van der Waals surface area contributed by atoms with Crippen molar-refractivity contribution in [2.75, 3.05) is 23.8 Å². The third-order valence-corrected chi connectivity index (χ3v) is 3.73. The molecule has 4 N–H and O–H groups in total. The van der Waals surface area contributed by atoms with E-state index in [-0.39, 0.29) is 35.5 Å². The van der Waals surface area contributed by atoms with Gasteiger partial charge in [0, 0.05) is 12.2 Å². The van der Waals surface area contributed by atoms with Gasteiger partial charge >= 0.3 is 5.97 Å². The lowest BCUT2D eigenvalue weighted by molar-refractivity contribution is 0.0698. The number of aliphatic hydroxyl groups is 1. The molecule has 1 aliphatic rings. The minimum Gasteiger partial charge on any atom is -0.478 e. The van der Waals surface area contributed by atoms with Crippen LogP contribution in [0.5, 0.6) is 0 Å².